The van der Waals surface area contributed by atoms with E-state index in [-0.39, 0.29) is 5.56 Å². The van der Waals surface area contributed by atoms with E-state index < -0.39 is 18.3 Å². The molecule has 2 amide bonds. The number of aryl methyl sites for hydroxylation is 1. The van der Waals surface area contributed by atoms with Crippen LogP contribution < -0.4 is 10.6 Å². The zero-order chi connectivity index (χ0) is 18.2. The number of rotatable bonds is 2. The average molecular weight is 352 g/mol. The van der Waals surface area contributed by atoms with Crippen molar-refractivity contribution in [3.8, 4) is 11.1 Å². The molecule has 2 aromatic rings. The minimum atomic E-state index is -4.77. The molecular formula is C16H15F3N4O2. The van der Waals surface area contributed by atoms with Crippen LogP contribution in [0.2, 0.25) is 0 Å². The Morgan fingerprint density at radius 1 is 1.24 bits per heavy atom. The molecule has 1 aliphatic heterocycles. The summed E-state index contributed by atoms with van der Waals surface area (Å²) in [5.74, 6) is 0.460. The van der Waals surface area contributed by atoms with Gasteiger partial charge in [0.05, 0.1) is 0 Å². The zero-order valence-corrected chi connectivity index (χ0v) is 13.0. The summed E-state index contributed by atoms with van der Waals surface area (Å²) in [4.78, 5) is 20.8. The van der Waals surface area contributed by atoms with Crippen molar-refractivity contribution in [2.75, 3.05) is 11.4 Å². The van der Waals surface area contributed by atoms with Gasteiger partial charge in [-0.1, -0.05) is 0 Å². The maximum atomic E-state index is 12.7. The number of urea groups is 1. The van der Waals surface area contributed by atoms with Crippen LogP contribution in [0.25, 0.3) is 11.1 Å². The predicted molar refractivity (Wildman–Crippen MR) is 83.7 cm³/mol. The molecule has 6 nitrogen and oxygen atoms in total. The van der Waals surface area contributed by atoms with Gasteiger partial charge in [0.15, 0.2) is 6.10 Å². The lowest BCUT2D eigenvalue weighted by Crippen LogP contribution is -2.40. The number of aliphatic hydroxyl groups excluding tert-OH is 1. The molecular weight excluding hydrogens is 337 g/mol. The summed E-state index contributed by atoms with van der Waals surface area (Å²) in [7, 11) is 0. The molecule has 0 aromatic carbocycles. The molecule has 9 heteroatoms. The zero-order valence-electron chi connectivity index (χ0n) is 13.0. The van der Waals surface area contributed by atoms with Crippen LogP contribution in [0.15, 0.2) is 30.7 Å². The van der Waals surface area contributed by atoms with Gasteiger partial charge < -0.3 is 10.8 Å². The summed E-state index contributed by atoms with van der Waals surface area (Å²) in [5.41, 5.74) is 6.71. The van der Waals surface area contributed by atoms with Gasteiger partial charge in [-0.3, -0.25) is 9.88 Å². The van der Waals surface area contributed by atoms with E-state index >= 15 is 0 Å². The first-order valence-corrected chi connectivity index (χ1v) is 7.53. The summed E-state index contributed by atoms with van der Waals surface area (Å²) < 4.78 is 38.0. The maximum Gasteiger partial charge on any atom is 0.418 e. The first kappa shape index (κ1) is 17.2. The van der Waals surface area contributed by atoms with Crippen LogP contribution in [0.4, 0.5) is 23.8 Å². The van der Waals surface area contributed by atoms with E-state index in [0.29, 0.717) is 36.3 Å². The molecule has 0 bridgehead atoms. The third-order valence-electron chi connectivity index (χ3n) is 4.01. The monoisotopic (exact) mass is 352 g/mol. The number of aromatic nitrogens is 2. The Kier molecular flexibility index (Phi) is 4.34. The molecule has 2 aromatic heterocycles. The number of hydrogen-bond donors (Lipinski definition) is 2. The van der Waals surface area contributed by atoms with Gasteiger partial charge in [0.25, 0.3) is 0 Å². The minimum absolute atomic E-state index is 0.346. The van der Waals surface area contributed by atoms with Gasteiger partial charge in [-0.15, -0.1) is 0 Å². The Morgan fingerprint density at radius 2 is 1.96 bits per heavy atom. The van der Waals surface area contributed by atoms with Crippen LogP contribution in [0, 0.1) is 0 Å². The van der Waals surface area contributed by atoms with Gasteiger partial charge in [-0.2, -0.15) is 13.2 Å². The number of aliphatic hydroxyl groups is 1. The second kappa shape index (κ2) is 6.32. The molecule has 3 rings (SSSR count). The highest BCUT2D eigenvalue weighted by atomic mass is 19.4. The van der Waals surface area contributed by atoms with Gasteiger partial charge in [-0.25, -0.2) is 9.78 Å². The fourth-order valence-corrected chi connectivity index (χ4v) is 2.79. The molecule has 1 atom stereocenters. The highest BCUT2D eigenvalue weighted by molar-refractivity contribution is 5.91. The molecule has 0 saturated carbocycles. The molecule has 1 aliphatic rings. The molecule has 0 spiro atoms. The highest BCUT2D eigenvalue weighted by Crippen LogP contribution is 2.34. The van der Waals surface area contributed by atoms with Crippen molar-refractivity contribution in [1.82, 2.24) is 9.97 Å². The van der Waals surface area contributed by atoms with Crippen molar-refractivity contribution in [2.45, 2.75) is 25.1 Å². The van der Waals surface area contributed by atoms with Crippen molar-refractivity contribution >= 4 is 11.8 Å². The molecule has 0 radical (unpaired) electrons. The molecule has 0 saturated heterocycles. The second-order valence-electron chi connectivity index (χ2n) is 5.75. The molecule has 3 heterocycles. The summed E-state index contributed by atoms with van der Waals surface area (Å²) >= 11 is 0. The minimum Gasteiger partial charge on any atom is -0.379 e. The maximum absolute atomic E-state index is 12.7. The van der Waals surface area contributed by atoms with E-state index in [1.807, 2.05) is 0 Å². The third kappa shape index (κ3) is 3.41. The second-order valence-corrected chi connectivity index (χ2v) is 5.75. The first-order valence-electron chi connectivity index (χ1n) is 7.53. The average Bonchev–Trinajstić information content (AvgIpc) is 2.59. The van der Waals surface area contributed by atoms with Gasteiger partial charge in [0.2, 0.25) is 0 Å². The summed E-state index contributed by atoms with van der Waals surface area (Å²) in [6.45, 7) is 0.476. The number of nitrogens with zero attached hydrogens (tertiary/aromatic N) is 3. The largest absolute Gasteiger partial charge is 0.418 e. The van der Waals surface area contributed by atoms with Crippen molar-refractivity contribution in [3.63, 3.8) is 0 Å². The number of anilines is 1. The Hall–Kier alpha value is -2.68. The number of alkyl halides is 3. The number of pyridine rings is 2. The number of primary amides is 1. The lowest BCUT2D eigenvalue weighted by molar-refractivity contribution is -0.206. The fraction of sp³-hybridized carbons (Fsp3) is 0.312. The number of halogens is 3. The van der Waals surface area contributed by atoms with Crippen molar-refractivity contribution in [1.29, 1.82) is 0 Å². The van der Waals surface area contributed by atoms with Crippen LogP contribution in [-0.2, 0) is 6.42 Å². The fourth-order valence-electron chi connectivity index (χ4n) is 2.79. The SMILES string of the molecule is NC(=O)N1CCCc2cc(-c3cncc(C(O)C(F)(F)F)c3)cnc21. The van der Waals surface area contributed by atoms with Crippen LogP contribution in [-0.4, -0.2) is 33.8 Å². The van der Waals surface area contributed by atoms with E-state index in [9.17, 15) is 23.1 Å². The van der Waals surface area contributed by atoms with E-state index in [1.54, 1.807) is 6.07 Å². The molecule has 25 heavy (non-hydrogen) atoms. The number of hydrogen-bond acceptors (Lipinski definition) is 4. The molecule has 0 aliphatic carbocycles. The Bertz CT molecular complexity index is 810. The quantitative estimate of drug-likeness (QED) is 0.869. The number of nitrogens with two attached hydrogens (primary N) is 1. The van der Waals surface area contributed by atoms with Crippen LogP contribution >= 0.6 is 0 Å². The van der Waals surface area contributed by atoms with Gasteiger partial charge >= 0.3 is 12.2 Å². The smallest absolute Gasteiger partial charge is 0.379 e. The Labute approximate surface area is 141 Å². The molecule has 3 N–H and O–H groups in total. The lowest BCUT2D eigenvalue weighted by atomic mass is 10.00. The standard InChI is InChI=1S/C16H15F3N4O2/c17-16(18,19)13(24)12-5-10(6-21-7-12)11-4-9-2-1-3-23(15(20)25)14(9)22-8-11/h4-8,13,24H,1-3H2,(H2,20,25). The molecule has 0 fully saturated rings. The Balaban J connectivity index is 1.97. The van der Waals surface area contributed by atoms with Crippen LogP contribution in [0.5, 0.6) is 0 Å². The first-order chi connectivity index (χ1) is 11.8. The molecule has 1 unspecified atom stereocenters. The van der Waals surface area contributed by atoms with E-state index in [1.165, 1.54) is 23.4 Å². The summed E-state index contributed by atoms with van der Waals surface area (Å²) in [5, 5.41) is 9.38. The van der Waals surface area contributed by atoms with E-state index in [0.717, 1.165) is 11.8 Å². The van der Waals surface area contributed by atoms with Crippen molar-refractivity contribution < 1.29 is 23.1 Å². The Morgan fingerprint density at radius 3 is 2.64 bits per heavy atom. The van der Waals surface area contributed by atoms with E-state index in [2.05, 4.69) is 9.97 Å². The number of amides is 2. The predicted octanol–water partition coefficient (Wildman–Crippen LogP) is 2.57. The number of carbonyl (C=O) groups is 1. The van der Waals surface area contributed by atoms with Gasteiger partial charge in [0.1, 0.15) is 5.82 Å². The number of fused-ring (bicyclic) bond motifs is 1. The summed E-state index contributed by atoms with van der Waals surface area (Å²) in [6.07, 6.45) is -2.16. The van der Waals surface area contributed by atoms with Crippen molar-refractivity contribution in [2.24, 2.45) is 5.73 Å². The topological polar surface area (TPSA) is 92.3 Å². The number of carbonyl (C=O) groups excluding carboxylic acids is 1. The van der Waals surface area contributed by atoms with Crippen molar-refractivity contribution in [3.05, 3.63) is 41.9 Å². The normalized spacial score (nSPS) is 15.6. The summed E-state index contributed by atoms with van der Waals surface area (Å²) in [6, 6.07) is 2.37. The van der Waals surface area contributed by atoms with Crippen LogP contribution in [0.3, 0.4) is 0 Å². The van der Waals surface area contributed by atoms with Gasteiger partial charge in [0, 0.05) is 41.8 Å². The van der Waals surface area contributed by atoms with Gasteiger partial charge in [-0.05, 0) is 30.5 Å². The van der Waals surface area contributed by atoms with Crippen LogP contribution in [0.1, 0.15) is 23.7 Å². The molecule has 132 valence electrons. The van der Waals surface area contributed by atoms with E-state index in [4.69, 9.17) is 5.73 Å². The highest BCUT2D eigenvalue weighted by Gasteiger charge is 2.39. The third-order valence-corrected chi connectivity index (χ3v) is 4.01. The lowest BCUT2D eigenvalue weighted by Gasteiger charge is -2.27.